The van der Waals surface area contributed by atoms with Crippen molar-refractivity contribution in [2.45, 2.75) is 18.7 Å². The molecule has 0 saturated carbocycles. The molecule has 0 atom stereocenters. The maximum Gasteiger partial charge on any atom is 0.277 e. The van der Waals surface area contributed by atoms with Crippen LogP contribution in [0.5, 0.6) is 11.5 Å². The third kappa shape index (κ3) is 4.09. The van der Waals surface area contributed by atoms with Crippen molar-refractivity contribution in [1.29, 1.82) is 0 Å². The summed E-state index contributed by atoms with van der Waals surface area (Å²) in [6.07, 6.45) is 3.32. The van der Waals surface area contributed by atoms with Gasteiger partial charge in [0.05, 0.1) is 5.75 Å². The van der Waals surface area contributed by atoms with E-state index in [0.29, 0.717) is 30.0 Å². The van der Waals surface area contributed by atoms with E-state index in [1.54, 1.807) is 29.4 Å². The lowest BCUT2D eigenvalue weighted by Gasteiger charge is -2.20. The second-order valence-corrected chi connectivity index (χ2v) is 6.92. The van der Waals surface area contributed by atoms with Gasteiger partial charge in [0, 0.05) is 31.0 Å². The molecular formula is C19H18N4O4S. The molecule has 3 heterocycles. The van der Waals surface area contributed by atoms with Crippen LogP contribution in [-0.4, -0.2) is 45.1 Å². The summed E-state index contributed by atoms with van der Waals surface area (Å²) in [5.41, 5.74) is 1.78. The van der Waals surface area contributed by atoms with E-state index in [4.69, 9.17) is 13.9 Å². The molecule has 1 aliphatic heterocycles. The van der Waals surface area contributed by atoms with Crippen LogP contribution in [0.3, 0.4) is 0 Å². The Labute approximate surface area is 165 Å². The van der Waals surface area contributed by atoms with Crippen molar-refractivity contribution in [1.82, 2.24) is 20.1 Å². The summed E-state index contributed by atoms with van der Waals surface area (Å²) in [5.74, 6) is 2.06. The van der Waals surface area contributed by atoms with E-state index in [1.165, 1.54) is 11.8 Å². The lowest BCUT2D eigenvalue weighted by Crippen LogP contribution is -2.31. The molecular weight excluding hydrogens is 380 g/mol. The molecule has 0 aliphatic carbocycles. The number of hydrogen-bond acceptors (Lipinski definition) is 8. The topological polar surface area (TPSA) is 90.6 Å². The minimum absolute atomic E-state index is 0.00571. The van der Waals surface area contributed by atoms with E-state index in [9.17, 15) is 4.79 Å². The van der Waals surface area contributed by atoms with Crippen LogP contribution in [0.4, 0.5) is 0 Å². The van der Waals surface area contributed by atoms with Gasteiger partial charge < -0.3 is 18.8 Å². The highest BCUT2D eigenvalue weighted by atomic mass is 32.2. The smallest absolute Gasteiger partial charge is 0.277 e. The van der Waals surface area contributed by atoms with Crippen LogP contribution in [0, 0.1) is 0 Å². The predicted molar refractivity (Wildman–Crippen MR) is 102 cm³/mol. The zero-order chi connectivity index (χ0) is 19.3. The van der Waals surface area contributed by atoms with Gasteiger partial charge in [0.15, 0.2) is 11.5 Å². The van der Waals surface area contributed by atoms with E-state index in [2.05, 4.69) is 15.2 Å². The van der Waals surface area contributed by atoms with Crippen LogP contribution in [-0.2, 0) is 11.3 Å². The number of fused-ring (bicyclic) bond motifs is 1. The Morgan fingerprint density at radius 1 is 1.14 bits per heavy atom. The van der Waals surface area contributed by atoms with Crippen LogP contribution >= 0.6 is 11.8 Å². The van der Waals surface area contributed by atoms with Gasteiger partial charge in [-0.05, 0) is 36.8 Å². The second kappa shape index (κ2) is 8.30. The summed E-state index contributed by atoms with van der Waals surface area (Å²) in [4.78, 5) is 18.3. The Morgan fingerprint density at radius 3 is 2.79 bits per heavy atom. The van der Waals surface area contributed by atoms with Crippen molar-refractivity contribution in [2.75, 3.05) is 19.1 Å². The average Bonchev–Trinajstić information content (AvgIpc) is 3.40. The molecule has 8 nitrogen and oxygen atoms in total. The number of rotatable bonds is 7. The normalized spacial score (nSPS) is 12.2. The number of nitrogens with zero attached hydrogens (tertiary/aromatic N) is 4. The van der Waals surface area contributed by atoms with Gasteiger partial charge in [0.2, 0.25) is 18.6 Å². The third-order valence-corrected chi connectivity index (χ3v) is 5.00. The number of hydrogen-bond donors (Lipinski definition) is 0. The summed E-state index contributed by atoms with van der Waals surface area (Å²) in [5, 5.41) is 8.37. The zero-order valence-corrected chi connectivity index (χ0v) is 16.0. The van der Waals surface area contributed by atoms with Gasteiger partial charge in [-0.15, -0.1) is 10.2 Å². The highest BCUT2D eigenvalue weighted by Crippen LogP contribution is 2.33. The molecule has 4 rings (SSSR count). The lowest BCUT2D eigenvalue weighted by atomic mass is 10.2. The first-order valence-corrected chi connectivity index (χ1v) is 9.74. The summed E-state index contributed by atoms with van der Waals surface area (Å²) in [6.45, 7) is 3.28. The lowest BCUT2D eigenvalue weighted by molar-refractivity contribution is -0.128. The van der Waals surface area contributed by atoms with Crippen LogP contribution in [0.15, 0.2) is 52.4 Å². The van der Waals surface area contributed by atoms with Crippen molar-refractivity contribution in [3.63, 3.8) is 0 Å². The van der Waals surface area contributed by atoms with Crippen LogP contribution in [0.25, 0.3) is 11.5 Å². The number of carbonyl (C=O) groups excluding carboxylic acids is 1. The van der Waals surface area contributed by atoms with E-state index in [-0.39, 0.29) is 18.5 Å². The van der Waals surface area contributed by atoms with Gasteiger partial charge in [-0.3, -0.25) is 9.78 Å². The van der Waals surface area contributed by atoms with Crippen molar-refractivity contribution >= 4 is 17.7 Å². The Kier molecular flexibility index (Phi) is 5.43. The van der Waals surface area contributed by atoms with Crippen molar-refractivity contribution in [3.05, 3.63) is 48.3 Å². The van der Waals surface area contributed by atoms with Gasteiger partial charge in [0.25, 0.3) is 5.22 Å². The quantitative estimate of drug-likeness (QED) is 0.561. The monoisotopic (exact) mass is 398 g/mol. The van der Waals surface area contributed by atoms with E-state index >= 15 is 0 Å². The van der Waals surface area contributed by atoms with Crippen LogP contribution < -0.4 is 9.47 Å². The van der Waals surface area contributed by atoms with Crippen molar-refractivity contribution in [2.24, 2.45) is 0 Å². The molecule has 1 aliphatic rings. The fourth-order valence-corrected chi connectivity index (χ4v) is 3.40. The second-order valence-electron chi connectivity index (χ2n) is 5.99. The maximum absolute atomic E-state index is 12.6. The van der Waals surface area contributed by atoms with Gasteiger partial charge in [-0.1, -0.05) is 17.8 Å². The Morgan fingerprint density at radius 2 is 1.96 bits per heavy atom. The van der Waals surface area contributed by atoms with Gasteiger partial charge in [-0.2, -0.15) is 0 Å². The Hall–Kier alpha value is -3.07. The third-order valence-electron chi connectivity index (χ3n) is 4.20. The maximum atomic E-state index is 12.6. The van der Waals surface area contributed by atoms with Gasteiger partial charge >= 0.3 is 0 Å². The Balaban J connectivity index is 1.35. The molecule has 1 aromatic carbocycles. The van der Waals surface area contributed by atoms with Crippen LogP contribution in [0.1, 0.15) is 12.5 Å². The molecule has 0 spiro atoms. The molecule has 28 heavy (non-hydrogen) atoms. The van der Waals surface area contributed by atoms with Crippen molar-refractivity contribution in [3.8, 4) is 23.0 Å². The van der Waals surface area contributed by atoms with E-state index < -0.39 is 0 Å². The molecule has 0 N–H and O–H groups in total. The SMILES string of the molecule is CCN(Cc1ccc2c(c1)OCO2)C(=O)CSc1nnc(-c2ccncc2)o1. The zero-order valence-electron chi connectivity index (χ0n) is 15.2. The fraction of sp³-hybridized carbons (Fsp3) is 0.263. The number of thioether (sulfide) groups is 1. The van der Waals surface area contributed by atoms with Gasteiger partial charge in [-0.25, -0.2) is 0 Å². The predicted octanol–water partition coefficient (Wildman–Crippen LogP) is 3.00. The number of benzene rings is 1. The molecule has 144 valence electrons. The summed E-state index contributed by atoms with van der Waals surface area (Å²) in [7, 11) is 0. The molecule has 2 aromatic heterocycles. The molecule has 0 saturated heterocycles. The number of pyridine rings is 1. The molecule has 0 bridgehead atoms. The highest BCUT2D eigenvalue weighted by molar-refractivity contribution is 7.99. The van der Waals surface area contributed by atoms with E-state index in [1.807, 2.05) is 25.1 Å². The number of carbonyl (C=O) groups is 1. The fourth-order valence-electron chi connectivity index (χ4n) is 2.73. The molecule has 9 heteroatoms. The molecule has 0 fully saturated rings. The number of amides is 1. The van der Waals surface area contributed by atoms with Crippen molar-refractivity contribution < 1.29 is 18.7 Å². The standard InChI is InChI=1S/C19H18N4O4S/c1-2-23(10-13-3-4-15-16(9-13)26-12-25-15)17(24)11-28-19-22-21-18(27-19)14-5-7-20-8-6-14/h3-9H,2,10-12H2,1H3. The van der Waals surface area contributed by atoms with Gasteiger partial charge in [0.1, 0.15) is 0 Å². The minimum Gasteiger partial charge on any atom is -0.454 e. The summed E-state index contributed by atoms with van der Waals surface area (Å²) >= 11 is 1.23. The minimum atomic E-state index is -0.00571. The molecule has 0 unspecified atom stereocenters. The first-order chi connectivity index (χ1) is 13.7. The van der Waals surface area contributed by atoms with E-state index in [0.717, 1.165) is 16.9 Å². The average molecular weight is 398 g/mol. The largest absolute Gasteiger partial charge is 0.454 e. The molecule has 3 aromatic rings. The number of ether oxygens (including phenoxy) is 2. The molecule has 1 amide bonds. The summed E-state index contributed by atoms with van der Waals surface area (Å²) < 4.78 is 16.3. The first-order valence-electron chi connectivity index (χ1n) is 8.76. The highest BCUT2D eigenvalue weighted by Gasteiger charge is 2.18. The Bertz CT molecular complexity index is 964. The molecule has 0 radical (unpaired) electrons. The van der Waals surface area contributed by atoms with Crippen LogP contribution in [0.2, 0.25) is 0 Å². The number of aromatic nitrogens is 3. The summed E-state index contributed by atoms with van der Waals surface area (Å²) in [6, 6.07) is 9.29. The first kappa shape index (κ1) is 18.3.